The topological polar surface area (TPSA) is 160 Å². The van der Waals surface area contributed by atoms with Crippen molar-refractivity contribution in [2.75, 3.05) is 23.1 Å². The van der Waals surface area contributed by atoms with Gasteiger partial charge in [-0.25, -0.2) is 14.8 Å². The molecule has 2 heterocycles. The number of nitriles is 1. The molecular formula is C28H27N7O4. The predicted molar refractivity (Wildman–Crippen MR) is 147 cm³/mol. The summed E-state index contributed by atoms with van der Waals surface area (Å²) < 4.78 is 11.3. The van der Waals surface area contributed by atoms with E-state index in [1.807, 2.05) is 18.2 Å². The first kappa shape index (κ1) is 26.7. The van der Waals surface area contributed by atoms with Crippen molar-refractivity contribution in [1.29, 1.82) is 5.26 Å². The summed E-state index contributed by atoms with van der Waals surface area (Å²) in [6.45, 7) is 5.42. The SMILES string of the molecule is COc1cc(-c2cc(Nc3ccc(Oc4ccnc(C#N)c4)cc3)nc(N)n2)ccc1N(C(=O)O)C(C)(C)C. The van der Waals surface area contributed by atoms with Crippen LogP contribution >= 0.6 is 0 Å². The molecule has 39 heavy (non-hydrogen) atoms. The molecule has 0 saturated heterocycles. The molecule has 11 nitrogen and oxygen atoms in total. The van der Waals surface area contributed by atoms with Gasteiger partial charge in [-0.3, -0.25) is 4.90 Å². The van der Waals surface area contributed by atoms with Crippen LogP contribution in [0, 0.1) is 11.3 Å². The molecule has 11 heteroatoms. The first-order valence-corrected chi connectivity index (χ1v) is 11.8. The lowest BCUT2D eigenvalue weighted by atomic mass is 10.0. The average Bonchev–Trinajstić information content (AvgIpc) is 2.89. The lowest BCUT2D eigenvalue weighted by molar-refractivity contribution is 0.195. The largest absolute Gasteiger partial charge is 0.495 e. The van der Waals surface area contributed by atoms with Gasteiger partial charge in [0.25, 0.3) is 0 Å². The van der Waals surface area contributed by atoms with Gasteiger partial charge >= 0.3 is 6.09 Å². The van der Waals surface area contributed by atoms with E-state index in [1.165, 1.54) is 18.2 Å². The summed E-state index contributed by atoms with van der Waals surface area (Å²) in [4.78, 5) is 25.8. The molecular weight excluding hydrogens is 498 g/mol. The molecule has 4 aromatic rings. The van der Waals surface area contributed by atoms with Crippen LogP contribution in [-0.2, 0) is 0 Å². The third-order valence-corrected chi connectivity index (χ3v) is 5.53. The fraction of sp³-hybridized carbons (Fsp3) is 0.179. The Kier molecular flexibility index (Phi) is 7.48. The highest BCUT2D eigenvalue weighted by atomic mass is 16.5. The second-order valence-electron chi connectivity index (χ2n) is 9.41. The highest BCUT2D eigenvalue weighted by Crippen LogP contribution is 2.37. The Balaban J connectivity index is 1.57. The molecule has 0 fully saturated rings. The Morgan fingerprint density at radius 1 is 1.05 bits per heavy atom. The van der Waals surface area contributed by atoms with Crippen LogP contribution in [0.15, 0.2) is 66.9 Å². The summed E-state index contributed by atoms with van der Waals surface area (Å²) in [5, 5.41) is 22.0. The monoisotopic (exact) mass is 525 g/mol. The van der Waals surface area contributed by atoms with E-state index < -0.39 is 11.6 Å². The maximum absolute atomic E-state index is 12.0. The van der Waals surface area contributed by atoms with Crippen molar-refractivity contribution < 1.29 is 19.4 Å². The van der Waals surface area contributed by atoms with E-state index in [-0.39, 0.29) is 11.6 Å². The first-order chi connectivity index (χ1) is 18.6. The molecule has 0 unspecified atom stereocenters. The summed E-state index contributed by atoms with van der Waals surface area (Å²) in [5.74, 6) is 1.99. The molecule has 0 aliphatic rings. The van der Waals surface area contributed by atoms with Gasteiger partial charge in [0, 0.05) is 35.1 Å². The third kappa shape index (κ3) is 6.31. The number of nitrogen functional groups attached to an aromatic ring is 1. The molecule has 2 aromatic heterocycles. The van der Waals surface area contributed by atoms with Gasteiger partial charge in [0.15, 0.2) is 0 Å². The minimum atomic E-state index is -1.09. The molecule has 0 atom stereocenters. The van der Waals surface area contributed by atoms with Gasteiger partial charge in [-0.15, -0.1) is 0 Å². The maximum Gasteiger partial charge on any atom is 0.412 e. The van der Waals surface area contributed by atoms with Crippen LogP contribution in [0.2, 0.25) is 0 Å². The second-order valence-corrected chi connectivity index (χ2v) is 9.41. The first-order valence-electron chi connectivity index (χ1n) is 11.8. The van der Waals surface area contributed by atoms with Crippen LogP contribution in [0.4, 0.5) is 27.9 Å². The summed E-state index contributed by atoms with van der Waals surface area (Å²) >= 11 is 0. The number of anilines is 4. The number of carbonyl (C=O) groups is 1. The minimum absolute atomic E-state index is 0.0610. The lowest BCUT2D eigenvalue weighted by Gasteiger charge is -2.34. The number of nitrogens with two attached hydrogens (primary N) is 1. The van der Waals surface area contributed by atoms with Gasteiger partial charge in [-0.2, -0.15) is 10.2 Å². The van der Waals surface area contributed by atoms with E-state index in [4.69, 9.17) is 20.5 Å². The van der Waals surface area contributed by atoms with Crippen molar-refractivity contribution in [3.63, 3.8) is 0 Å². The zero-order valence-electron chi connectivity index (χ0n) is 21.8. The summed E-state index contributed by atoms with van der Waals surface area (Å²) in [6, 6.07) is 19.2. The third-order valence-electron chi connectivity index (χ3n) is 5.53. The number of amides is 1. The molecule has 0 aliphatic carbocycles. The van der Waals surface area contributed by atoms with Gasteiger partial charge < -0.3 is 25.6 Å². The molecule has 1 amide bonds. The molecule has 198 valence electrons. The van der Waals surface area contributed by atoms with Crippen molar-refractivity contribution in [3.05, 3.63) is 72.6 Å². The van der Waals surface area contributed by atoms with Gasteiger partial charge in [-0.05, 0) is 63.2 Å². The predicted octanol–water partition coefficient (Wildman–Crippen LogP) is 5.82. The zero-order chi connectivity index (χ0) is 28.2. The Morgan fingerprint density at radius 2 is 1.79 bits per heavy atom. The fourth-order valence-corrected chi connectivity index (χ4v) is 3.88. The number of pyridine rings is 1. The number of methoxy groups -OCH3 is 1. The molecule has 2 aromatic carbocycles. The summed E-state index contributed by atoms with van der Waals surface area (Å²) in [7, 11) is 1.48. The lowest BCUT2D eigenvalue weighted by Crippen LogP contribution is -2.45. The van der Waals surface area contributed by atoms with Crippen LogP contribution in [0.3, 0.4) is 0 Å². The van der Waals surface area contributed by atoms with Crippen molar-refractivity contribution in [1.82, 2.24) is 15.0 Å². The quantitative estimate of drug-likeness (QED) is 0.268. The smallest absolute Gasteiger partial charge is 0.412 e. The van der Waals surface area contributed by atoms with E-state index in [1.54, 1.807) is 69.3 Å². The number of ether oxygens (including phenoxy) is 2. The minimum Gasteiger partial charge on any atom is -0.495 e. The highest BCUT2D eigenvalue weighted by molar-refractivity contribution is 5.90. The van der Waals surface area contributed by atoms with Crippen molar-refractivity contribution in [3.8, 4) is 34.6 Å². The average molecular weight is 526 g/mol. The number of nitrogens with zero attached hydrogens (tertiary/aromatic N) is 5. The Hall–Kier alpha value is -5.37. The van der Waals surface area contributed by atoms with Crippen LogP contribution in [0.1, 0.15) is 26.5 Å². The number of aromatic nitrogens is 3. The molecule has 0 saturated carbocycles. The number of hydrogen-bond acceptors (Lipinski definition) is 9. The molecule has 0 aliphatic heterocycles. The Bertz CT molecular complexity index is 1540. The zero-order valence-corrected chi connectivity index (χ0v) is 21.8. The molecule has 0 bridgehead atoms. The molecule has 4 N–H and O–H groups in total. The van der Waals surface area contributed by atoms with Gasteiger partial charge in [0.2, 0.25) is 5.95 Å². The number of rotatable bonds is 7. The van der Waals surface area contributed by atoms with Crippen LogP contribution in [-0.4, -0.2) is 38.8 Å². The molecule has 4 rings (SSSR count). The van der Waals surface area contributed by atoms with E-state index in [2.05, 4.69) is 20.3 Å². The van der Waals surface area contributed by atoms with Gasteiger partial charge in [-0.1, -0.05) is 6.07 Å². The number of benzene rings is 2. The number of carboxylic acid groups (broad SMARTS) is 1. The van der Waals surface area contributed by atoms with Crippen LogP contribution in [0.5, 0.6) is 17.2 Å². The number of hydrogen-bond donors (Lipinski definition) is 3. The Labute approximate surface area is 225 Å². The maximum atomic E-state index is 12.0. The van der Waals surface area contributed by atoms with E-state index in [0.717, 1.165) is 5.69 Å². The van der Waals surface area contributed by atoms with E-state index in [0.29, 0.717) is 40.0 Å². The van der Waals surface area contributed by atoms with Crippen molar-refractivity contribution in [2.24, 2.45) is 0 Å². The van der Waals surface area contributed by atoms with Crippen LogP contribution in [0.25, 0.3) is 11.3 Å². The molecule has 0 radical (unpaired) electrons. The van der Waals surface area contributed by atoms with Crippen LogP contribution < -0.4 is 25.4 Å². The summed E-state index contributed by atoms with van der Waals surface area (Å²) in [6.07, 6.45) is 0.423. The van der Waals surface area contributed by atoms with E-state index in [9.17, 15) is 9.90 Å². The highest BCUT2D eigenvalue weighted by Gasteiger charge is 2.30. The number of nitrogens with one attached hydrogen (secondary N) is 1. The Morgan fingerprint density at radius 3 is 2.44 bits per heavy atom. The summed E-state index contributed by atoms with van der Waals surface area (Å²) in [5.41, 5.74) is 7.93. The molecule has 0 spiro atoms. The second kappa shape index (κ2) is 10.9. The van der Waals surface area contributed by atoms with Gasteiger partial charge in [0.05, 0.1) is 18.5 Å². The standard InChI is InChI=1S/C28H27N7O4/c1-28(2,3)35(27(36)37)23-10-5-17(13-24(23)38-4)22-15-25(34-26(30)33-22)32-18-6-8-20(9-7-18)39-21-11-12-31-19(14-21)16-29/h5-15H,1-4H3,(H,36,37)(H3,30,32,33,34). The van der Waals surface area contributed by atoms with Crippen molar-refractivity contribution in [2.45, 2.75) is 26.3 Å². The van der Waals surface area contributed by atoms with E-state index >= 15 is 0 Å². The van der Waals surface area contributed by atoms with Crippen molar-refractivity contribution >= 4 is 29.2 Å². The fourth-order valence-electron chi connectivity index (χ4n) is 3.88. The van der Waals surface area contributed by atoms with Gasteiger partial charge in [0.1, 0.15) is 34.8 Å². The normalized spacial score (nSPS) is 10.8.